The fourth-order valence-electron chi connectivity index (χ4n) is 1.49. The van der Waals surface area contributed by atoms with Crippen LogP contribution in [0, 0.1) is 0 Å². The third-order valence-corrected chi connectivity index (χ3v) is 2.41. The highest BCUT2D eigenvalue weighted by Crippen LogP contribution is 2.20. The van der Waals surface area contributed by atoms with Crippen LogP contribution >= 0.6 is 0 Å². The molecular formula is C12H22N2O6. The fraction of sp³-hybridized carbons (Fsp3) is 0.750. The summed E-state index contributed by atoms with van der Waals surface area (Å²) in [4.78, 5) is 34.2. The van der Waals surface area contributed by atoms with Gasteiger partial charge in [-0.3, -0.25) is 10.1 Å². The zero-order valence-corrected chi connectivity index (χ0v) is 11.9. The first-order valence-corrected chi connectivity index (χ1v) is 6.19. The number of carbonyl (C=O) groups excluding carboxylic acids is 1. The number of nitrogens with two attached hydrogens (primary N) is 1. The Kier molecular flexibility index (Phi) is 6.60. The van der Waals surface area contributed by atoms with Crippen LogP contribution in [0.5, 0.6) is 0 Å². The van der Waals surface area contributed by atoms with Crippen LogP contribution in [0.3, 0.4) is 0 Å². The van der Waals surface area contributed by atoms with Crippen molar-refractivity contribution in [3.8, 4) is 0 Å². The van der Waals surface area contributed by atoms with E-state index in [9.17, 15) is 19.5 Å². The van der Waals surface area contributed by atoms with Gasteiger partial charge in [0.1, 0.15) is 5.60 Å². The van der Waals surface area contributed by atoms with E-state index in [1.807, 2.05) is 0 Å². The lowest BCUT2D eigenvalue weighted by molar-refractivity contribution is -0.171. The monoisotopic (exact) mass is 290 g/mol. The molecule has 0 aromatic carbocycles. The zero-order chi connectivity index (χ0) is 16.0. The van der Waals surface area contributed by atoms with Crippen molar-refractivity contribution in [3.63, 3.8) is 0 Å². The molecule has 0 radical (unpaired) electrons. The van der Waals surface area contributed by atoms with E-state index in [0.717, 1.165) is 0 Å². The summed E-state index contributed by atoms with van der Waals surface area (Å²) >= 11 is 0. The van der Waals surface area contributed by atoms with Gasteiger partial charge in [-0.2, -0.15) is 0 Å². The van der Waals surface area contributed by atoms with Crippen LogP contribution < -0.4 is 11.1 Å². The van der Waals surface area contributed by atoms with Crippen molar-refractivity contribution >= 4 is 17.9 Å². The van der Waals surface area contributed by atoms with Crippen molar-refractivity contribution < 1.29 is 29.3 Å². The first-order valence-electron chi connectivity index (χ1n) is 6.19. The maximum absolute atomic E-state index is 12.1. The van der Waals surface area contributed by atoms with Crippen LogP contribution in [0.4, 0.5) is 0 Å². The van der Waals surface area contributed by atoms with Crippen LogP contribution in [0.25, 0.3) is 0 Å². The zero-order valence-electron chi connectivity index (χ0n) is 11.9. The Morgan fingerprint density at radius 3 is 2.10 bits per heavy atom. The van der Waals surface area contributed by atoms with E-state index in [4.69, 9.17) is 15.6 Å². The highest BCUT2D eigenvalue weighted by Gasteiger charge is 2.48. The number of carbonyl (C=O) groups is 3. The molecule has 8 heteroatoms. The predicted molar refractivity (Wildman–Crippen MR) is 70.1 cm³/mol. The molecule has 0 saturated carbocycles. The smallest absolute Gasteiger partial charge is 0.338 e. The lowest BCUT2D eigenvalue weighted by atomic mass is 9.92. The van der Waals surface area contributed by atoms with Crippen molar-refractivity contribution in [1.82, 2.24) is 5.32 Å². The van der Waals surface area contributed by atoms with Gasteiger partial charge < -0.3 is 20.7 Å². The first kappa shape index (κ1) is 18.3. The maximum Gasteiger partial charge on any atom is 0.338 e. The highest BCUT2D eigenvalue weighted by atomic mass is 16.6. The van der Waals surface area contributed by atoms with Gasteiger partial charge >= 0.3 is 17.9 Å². The van der Waals surface area contributed by atoms with Gasteiger partial charge in [-0.1, -0.05) is 0 Å². The number of ether oxygens (including phenoxy) is 1. The van der Waals surface area contributed by atoms with Crippen molar-refractivity contribution in [2.75, 3.05) is 13.1 Å². The third kappa shape index (κ3) is 5.54. The Morgan fingerprint density at radius 1 is 1.20 bits per heavy atom. The number of carboxylic acids is 2. The highest BCUT2D eigenvalue weighted by molar-refractivity contribution is 6.04. The van der Waals surface area contributed by atoms with Gasteiger partial charge in [-0.25, -0.2) is 9.59 Å². The lowest BCUT2D eigenvalue weighted by Gasteiger charge is -2.31. The van der Waals surface area contributed by atoms with Crippen LogP contribution in [0.1, 0.15) is 33.6 Å². The molecular weight excluding hydrogens is 268 g/mol. The van der Waals surface area contributed by atoms with E-state index in [1.54, 1.807) is 20.8 Å². The lowest BCUT2D eigenvalue weighted by Crippen LogP contribution is -2.61. The number of rotatable bonds is 8. The van der Waals surface area contributed by atoms with Gasteiger partial charge in [0.05, 0.1) is 6.54 Å². The summed E-state index contributed by atoms with van der Waals surface area (Å²) in [5, 5.41) is 20.3. The second-order valence-corrected chi connectivity index (χ2v) is 5.35. The summed E-state index contributed by atoms with van der Waals surface area (Å²) in [6, 6.07) is 0. The third-order valence-electron chi connectivity index (χ3n) is 2.41. The van der Waals surface area contributed by atoms with Gasteiger partial charge in [0, 0.05) is 0 Å². The van der Waals surface area contributed by atoms with Crippen molar-refractivity contribution in [2.45, 2.75) is 44.8 Å². The standard InChI is InChI=1S/C12H22N2O6/c1-11(2,3)20-10(19)12(9(17)18,5-4-6-13)14-7-8(15)16/h14H,4-7,13H2,1-3H3,(H,15,16)(H,17,18). The van der Waals surface area contributed by atoms with Crippen LogP contribution in [-0.4, -0.2) is 52.4 Å². The van der Waals surface area contributed by atoms with Crippen LogP contribution in [0.15, 0.2) is 0 Å². The first-order chi connectivity index (χ1) is 9.05. The van der Waals surface area contributed by atoms with Crippen LogP contribution in [-0.2, 0) is 19.1 Å². The summed E-state index contributed by atoms with van der Waals surface area (Å²) in [6.07, 6.45) is 0.0825. The van der Waals surface area contributed by atoms with E-state index >= 15 is 0 Å². The minimum absolute atomic E-state index is 0.152. The molecule has 0 bridgehead atoms. The number of hydrogen-bond donors (Lipinski definition) is 4. The summed E-state index contributed by atoms with van der Waals surface area (Å²) < 4.78 is 5.08. The van der Waals surface area contributed by atoms with Gasteiger partial charge in [-0.05, 0) is 40.2 Å². The molecule has 20 heavy (non-hydrogen) atoms. The summed E-state index contributed by atoms with van der Waals surface area (Å²) in [6.45, 7) is 4.29. The predicted octanol–water partition coefficient (Wildman–Crippen LogP) is -0.435. The van der Waals surface area contributed by atoms with E-state index in [2.05, 4.69) is 5.32 Å². The van der Waals surface area contributed by atoms with E-state index in [-0.39, 0.29) is 19.4 Å². The number of nitrogens with one attached hydrogen (secondary N) is 1. The molecule has 0 aliphatic rings. The normalized spacial score (nSPS) is 14.4. The molecule has 5 N–H and O–H groups in total. The van der Waals surface area contributed by atoms with E-state index < -0.39 is 35.6 Å². The maximum atomic E-state index is 12.1. The molecule has 0 saturated heterocycles. The minimum atomic E-state index is -2.11. The second kappa shape index (κ2) is 7.20. The topological polar surface area (TPSA) is 139 Å². The molecule has 0 rings (SSSR count). The number of hydrogen-bond acceptors (Lipinski definition) is 6. The Balaban J connectivity index is 5.30. The van der Waals surface area contributed by atoms with Crippen molar-refractivity contribution in [2.24, 2.45) is 5.73 Å². The van der Waals surface area contributed by atoms with Crippen LogP contribution in [0.2, 0.25) is 0 Å². The fourth-order valence-corrected chi connectivity index (χ4v) is 1.49. The van der Waals surface area contributed by atoms with Gasteiger partial charge in [0.15, 0.2) is 0 Å². The summed E-state index contributed by atoms with van der Waals surface area (Å²) in [5.41, 5.74) is 2.34. The molecule has 0 aliphatic heterocycles. The van der Waals surface area contributed by atoms with Gasteiger partial charge in [-0.15, -0.1) is 0 Å². The van der Waals surface area contributed by atoms with E-state index in [1.165, 1.54) is 0 Å². The molecule has 8 nitrogen and oxygen atoms in total. The number of aliphatic carboxylic acids is 2. The molecule has 116 valence electrons. The SMILES string of the molecule is CC(C)(C)OC(=O)C(CCCN)(NCC(=O)O)C(=O)O. The average Bonchev–Trinajstić information content (AvgIpc) is 2.26. The van der Waals surface area contributed by atoms with Gasteiger partial charge in [0.2, 0.25) is 5.54 Å². The molecule has 0 amide bonds. The van der Waals surface area contributed by atoms with Gasteiger partial charge in [0.25, 0.3) is 0 Å². The Labute approximate surface area is 117 Å². The Morgan fingerprint density at radius 2 is 1.75 bits per heavy atom. The Bertz CT molecular complexity index is 377. The molecule has 1 atom stereocenters. The molecule has 0 spiro atoms. The number of carboxylic acid groups (broad SMARTS) is 2. The molecule has 0 fully saturated rings. The molecule has 0 aromatic rings. The summed E-state index contributed by atoms with van der Waals surface area (Å²) in [5.74, 6) is -3.78. The van der Waals surface area contributed by atoms with Crippen molar-refractivity contribution in [1.29, 1.82) is 0 Å². The average molecular weight is 290 g/mol. The quantitative estimate of drug-likeness (QED) is 0.348. The minimum Gasteiger partial charge on any atom is -0.480 e. The number of esters is 1. The molecule has 0 aliphatic carbocycles. The second-order valence-electron chi connectivity index (χ2n) is 5.35. The molecule has 1 unspecified atom stereocenters. The largest absolute Gasteiger partial charge is 0.480 e. The molecule has 0 aromatic heterocycles. The Hall–Kier alpha value is -1.67. The molecule has 0 heterocycles. The van der Waals surface area contributed by atoms with E-state index in [0.29, 0.717) is 0 Å². The summed E-state index contributed by atoms with van der Waals surface area (Å²) in [7, 11) is 0. The van der Waals surface area contributed by atoms with Crippen molar-refractivity contribution in [3.05, 3.63) is 0 Å².